The monoisotopic (exact) mass is 730 g/mol. The predicted octanol–water partition coefficient (Wildman–Crippen LogP) is 3.85. The number of alkyl carbamates (subject to hydrolysis) is 1. The summed E-state index contributed by atoms with van der Waals surface area (Å²) in [5.41, 5.74) is -0.488. The van der Waals surface area contributed by atoms with Gasteiger partial charge in [-0.1, -0.05) is 0 Å². The van der Waals surface area contributed by atoms with Gasteiger partial charge in [-0.15, -0.1) is 10.2 Å². The van der Waals surface area contributed by atoms with Crippen LogP contribution in [0.1, 0.15) is 49.4 Å². The molecule has 0 spiro atoms. The molecule has 5 heterocycles. The van der Waals surface area contributed by atoms with Crippen LogP contribution in [0.25, 0.3) is 16.9 Å². The van der Waals surface area contributed by atoms with Crippen LogP contribution in [-0.4, -0.2) is 106 Å². The zero-order valence-electron chi connectivity index (χ0n) is 28.1. The number of hydrogen-bond acceptors (Lipinski definition) is 12. The summed E-state index contributed by atoms with van der Waals surface area (Å²) in [7, 11) is 0. The highest BCUT2D eigenvalue weighted by atomic mass is 19.3. The van der Waals surface area contributed by atoms with Crippen LogP contribution in [0.2, 0.25) is 0 Å². The molecule has 21 heteroatoms. The fourth-order valence-corrected chi connectivity index (χ4v) is 5.34. The number of carbonyl (C=O) groups is 2. The van der Waals surface area contributed by atoms with Crippen molar-refractivity contribution in [2.24, 2.45) is 0 Å². The molecule has 0 aliphatic carbocycles. The highest BCUT2D eigenvalue weighted by Crippen LogP contribution is 2.38. The summed E-state index contributed by atoms with van der Waals surface area (Å²) in [5, 5.41) is 26.8. The van der Waals surface area contributed by atoms with Crippen molar-refractivity contribution in [3.05, 3.63) is 60.4 Å². The molecule has 0 radical (unpaired) electrons. The minimum absolute atomic E-state index is 0.0109. The van der Waals surface area contributed by atoms with E-state index in [1.807, 2.05) is 0 Å². The molecular formula is C31H34F4N12O5. The van der Waals surface area contributed by atoms with Gasteiger partial charge in [-0.3, -0.25) is 14.4 Å². The average Bonchev–Trinajstić information content (AvgIpc) is 3.78. The highest BCUT2D eigenvalue weighted by molar-refractivity contribution is 6.09. The van der Waals surface area contributed by atoms with E-state index in [0.29, 0.717) is 19.6 Å². The topological polar surface area (TPSA) is 181 Å². The van der Waals surface area contributed by atoms with Crippen molar-refractivity contribution < 1.29 is 41.4 Å². The summed E-state index contributed by atoms with van der Waals surface area (Å²) in [6.45, 7) is 1.38. The van der Waals surface area contributed by atoms with Gasteiger partial charge < -0.3 is 24.8 Å². The van der Waals surface area contributed by atoms with Crippen LogP contribution in [0.5, 0.6) is 11.5 Å². The molecule has 2 N–H and O–H groups in total. The van der Waals surface area contributed by atoms with Crippen molar-refractivity contribution in [3.8, 4) is 22.8 Å². The number of nitrogens with zero attached hydrogens (tertiary/aromatic N) is 10. The summed E-state index contributed by atoms with van der Waals surface area (Å²) < 4.78 is 70.1. The first kappa shape index (κ1) is 35.9. The van der Waals surface area contributed by atoms with Gasteiger partial charge in [0.25, 0.3) is 5.91 Å². The Morgan fingerprint density at radius 2 is 1.87 bits per heavy atom. The van der Waals surface area contributed by atoms with E-state index in [1.54, 1.807) is 33.0 Å². The molecule has 17 nitrogen and oxygen atoms in total. The Kier molecular flexibility index (Phi) is 10.5. The first-order chi connectivity index (χ1) is 24.8. The molecule has 4 aromatic heterocycles. The lowest BCUT2D eigenvalue weighted by molar-refractivity contribution is -0.0526. The molecule has 1 aromatic carbocycles. The van der Waals surface area contributed by atoms with E-state index in [0.717, 1.165) is 31.2 Å². The normalized spacial score (nSPS) is 13.8. The number of halogens is 4. The zero-order chi connectivity index (χ0) is 37.0. The molecule has 0 unspecified atom stereocenters. The van der Waals surface area contributed by atoms with Gasteiger partial charge in [0.1, 0.15) is 34.9 Å². The third-order valence-corrected chi connectivity index (χ3v) is 7.54. The van der Waals surface area contributed by atoms with Gasteiger partial charge in [-0.25, -0.2) is 14.3 Å². The average molecular weight is 731 g/mol. The van der Waals surface area contributed by atoms with Crippen LogP contribution in [0, 0.1) is 0 Å². The number of nitrogens with one attached hydrogen (secondary N) is 2. The number of aromatic nitrogens is 9. The van der Waals surface area contributed by atoms with E-state index in [9.17, 15) is 27.2 Å². The SMILES string of the molecule is CC(C)(C)OC(=O)NCCCN1CC(n2nnc(Cn3cc(NC(=O)c4cnn5cccnc45)c(-c4cc(OC(F)F)ccc4OC(F)F)n3)n2)C1. The lowest BCUT2D eigenvalue weighted by Crippen LogP contribution is -2.49. The lowest BCUT2D eigenvalue weighted by atomic mass is 10.1. The van der Waals surface area contributed by atoms with E-state index in [4.69, 9.17) is 4.74 Å². The van der Waals surface area contributed by atoms with Crippen molar-refractivity contribution in [2.75, 3.05) is 31.5 Å². The lowest BCUT2D eigenvalue weighted by Gasteiger charge is -2.37. The summed E-state index contributed by atoms with van der Waals surface area (Å²) in [4.78, 5) is 33.1. The van der Waals surface area contributed by atoms with Gasteiger partial charge in [-0.05, 0) is 63.2 Å². The molecule has 2 amide bonds. The molecule has 1 fully saturated rings. The van der Waals surface area contributed by atoms with Crippen molar-refractivity contribution in [1.82, 2.24) is 54.8 Å². The fourth-order valence-electron chi connectivity index (χ4n) is 5.34. The number of rotatable bonds is 14. The van der Waals surface area contributed by atoms with Gasteiger partial charge >= 0.3 is 19.3 Å². The standard InChI is InChI=1S/C31H34F4N12O5/c1-31(2,3)52-30(49)37-9-4-10-44-14-18(15-44)47-41-24(40-43-47)17-45-16-22(39-27(48)21-13-38-46-11-5-8-36-26(21)46)25(42-45)20-12-19(50-28(32)33)6-7-23(20)51-29(34)35/h5-8,11-13,16,18,28-29H,4,9-10,14-15,17H2,1-3H3,(H,37,49)(H,39,48). The molecule has 5 aromatic rings. The second kappa shape index (κ2) is 15.2. The summed E-state index contributed by atoms with van der Waals surface area (Å²) in [5.74, 6) is -1.18. The predicted molar refractivity (Wildman–Crippen MR) is 173 cm³/mol. The van der Waals surface area contributed by atoms with Gasteiger partial charge in [0, 0.05) is 38.2 Å². The number of likely N-dealkylation sites (tertiary alicyclic amines) is 1. The molecule has 0 saturated carbocycles. The Bertz CT molecular complexity index is 2020. The number of alkyl halides is 4. The first-order valence-corrected chi connectivity index (χ1v) is 16.0. The maximum absolute atomic E-state index is 13.4. The minimum Gasteiger partial charge on any atom is -0.444 e. The summed E-state index contributed by atoms with van der Waals surface area (Å²) in [6, 6.07) is 4.70. The molecule has 1 aliphatic heterocycles. The van der Waals surface area contributed by atoms with Crippen LogP contribution < -0.4 is 20.1 Å². The van der Waals surface area contributed by atoms with Crippen molar-refractivity contribution in [3.63, 3.8) is 0 Å². The quantitative estimate of drug-likeness (QED) is 0.125. The van der Waals surface area contributed by atoms with Crippen LogP contribution >= 0.6 is 0 Å². The third kappa shape index (κ3) is 8.89. The number of ether oxygens (including phenoxy) is 3. The van der Waals surface area contributed by atoms with Crippen LogP contribution in [0.3, 0.4) is 0 Å². The number of amides is 2. The summed E-state index contributed by atoms with van der Waals surface area (Å²) in [6.07, 6.45) is 6.03. The number of tetrazole rings is 1. The number of fused-ring (bicyclic) bond motifs is 1. The number of carbonyl (C=O) groups excluding carboxylic acids is 2. The van der Waals surface area contributed by atoms with Crippen molar-refractivity contribution >= 4 is 23.3 Å². The molecule has 276 valence electrons. The Morgan fingerprint density at radius 1 is 1.08 bits per heavy atom. The molecule has 6 rings (SSSR count). The third-order valence-electron chi connectivity index (χ3n) is 7.54. The van der Waals surface area contributed by atoms with E-state index >= 15 is 0 Å². The Balaban J connectivity index is 1.18. The van der Waals surface area contributed by atoms with E-state index < -0.39 is 36.6 Å². The van der Waals surface area contributed by atoms with Gasteiger partial charge in [0.15, 0.2) is 11.5 Å². The molecular weight excluding hydrogens is 696 g/mol. The molecule has 1 aliphatic rings. The van der Waals surface area contributed by atoms with Crippen LogP contribution in [0.4, 0.5) is 28.0 Å². The van der Waals surface area contributed by atoms with Crippen molar-refractivity contribution in [1.29, 1.82) is 0 Å². The first-order valence-electron chi connectivity index (χ1n) is 16.0. The smallest absolute Gasteiger partial charge is 0.407 e. The molecule has 1 saturated heterocycles. The van der Waals surface area contributed by atoms with Gasteiger partial charge in [-0.2, -0.15) is 32.6 Å². The van der Waals surface area contributed by atoms with E-state index in [2.05, 4.69) is 55.6 Å². The number of anilines is 1. The second-order valence-electron chi connectivity index (χ2n) is 12.6. The number of hydrogen-bond donors (Lipinski definition) is 2. The minimum atomic E-state index is -3.26. The maximum atomic E-state index is 13.4. The van der Waals surface area contributed by atoms with Crippen LogP contribution in [-0.2, 0) is 11.3 Å². The maximum Gasteiger partial charge on any atom is 0.407 e. The fraction of sp³-hybridized carbons (Fsp3) is 0.419. The Hall–Kier alpha value is -5.86. The Morgan fingerprint density at radius 3 is 2.62 bits per heavy atom. The molecule has 52 heavy (non-hydrogen) atoms. The van der Waals surface area contributed by atoms with Gasteiger partial charge in [0.05, 0.1) is 23.5 Å². The van der Waals surface area contributed by atoms with Crippen molar-refractivity contribution in [2.45, 2.75) is 58.6 Å². The zero-order valence-corrected chi connectivity index (χ0v) is 28.1. The second-order valence-corrected chi connectivity index (χ2v) is 12.6. The molecule has 0 bridgehead atoms. The highest BCUT2D eigenvalue weighted by Gasteiger charge is 2.30. The van der Waals surface area contributed by atoms with E-state index in [-0.39, 0.29) is 52.3 Å². The van der Waals surface area contributed by atoms with Gasteiger partial charge in [0.2, 0.25) is 0 Å². The number of benzene rings is 1. The Labute approximate surface area is 292 Å². The van der Waals surface area contributed by atoms with E-state index in [1.165, 1.54) is 32.6 Å². The van der Waals surface area contributed by atoms with Crippen LogP contribution in [0.15, 0.2) is 49.1 Å². The molecule has 0 atom stereocenters. The summed E-state index contributed by atoms with van der Waals surface area (Å²) >= 11 is 0. The largest absolute Gasteiger partial charge is 0.444 e.